The van der Waals surface area contributed by atoms with Gasteiger partial charge in [-0.05, 0) is 54.4 Å². The zero-order valence-corrected chi connectivity index (χ0v) is 42.9. The average molecular weight is 1040 g/mol. The highest BCUT2D eigenvalue weighted by Crippen LogP contribution is 2.39. The second kappa shape index (κ2) is 29.3. The number of fused-ring (bicyclic) bond motifs is 2. The van der Waals surface area contributed by atoms with Gasteiger partial charge in [-0.15, -0.1) is 0 Å². The van der Waals surface area contributed by atoms with E-state index in [1.165, 1.54) is 40.4 Å². The third kappa shape index (κ3) is 18.9. The molecular weight excluding hydrogens is 962 g/mol. The molecule has 4 rings (SSSR count). The number of hydrogen-bond donors (Lipinski definition) is 8. The van der Waals surface area contributed by atoms with Gasteiger partial charge in [0.2, 0.25) is 14.9 Å². The molecule has 0 radical (unpaired) electrons. The molecule has 70 heavy (non-hydrogen) atoms. The fourth-order valence-electron chi connectivity index (χ4n) is 6.62. The van der Waals surface area contributed by atoms with Crippen LogP contribution in [0.1, 0.15) is 81.1 Å². The number of esters is 4. The standard InChI is InChI=1S/C22H40N7O7P.C18H32N7O7P/c1-5-7-10-35-20(31)15(3)27-37(33,28-16(4)21(32)36-11-8-6-2)14-34-12-9-29-13-24-17-18(29)25-22(23)26-19(17)30;1-5-31-16(27)11(3)23-33(29,24-12(4)17(28)32-6-2)10-30-8-7-25-9-20-13-14(25)21-18(19)22-15(13)26/h13,15-18H,5-12,14H2,1-4H3,(H2,27,28,33)(H3,23,25,26,30);9,11-14H,5-8,10H2,1-4H3,(H2,23,24,29)(H3,19,21,22,26)/t15-,16?,17?,18?,37?;11-,12-,13?,14?/m00/s1. The number of rotatable bonds is 30. The molecule has 0 spiro atoms. The summed E-state index contributed by atoms with van der Waals surface area (Å²) in [5.74, 6) is -2.95. The van der Waals surface area contributed by atoms with Crippen molar-refractivity contribution >= 4 is 75.2 Å². The Hall–Kier alpha value is -5.08. The molecule has 0 aromatic carbocycles. The SMILES string of the molecule is CCCCOC(=O)C(C)NP(=O)(COCCN1C=NC2C(=O)NC(N)=NC21)N[C@@H](C)C(=O)OCCCC.CCOC(=O)[C@H](C)NP(=O)(COCCN1C=NC2C(=O)NC(N)=NC21)N[C@@H](C)C(=O)OCC. The zero-order chi connectivity index (χ0) is 52.0. The highest BCUT2D eigenvalue weighted by molar-refractivity contribution is 7.60. The first-order chi connectivity index (χ1) is 33.2. The predicted octanol–water partition coefficient (Wildman–Crippen LogP) is -1.00. The van der Waals surface area contributed by atoms with Gasteiger partial charge in [-0.25, -0.2) is 30.3 Å². The van der Waals surface area contributed by atoms with Crippen LogP contribution in [0, 0.1) is 0 Å². The van der Waals surface area contributed by atoms with Gasteiger partial charge in [0.1, 0.15) is 36.9 Å². The third-order valence-corrected chi connectivity index (χ3v) is 14.5. The van der Waals surface area contributed by atoms with Gasteiger partial charge in [-0.3, -0.25) is 58.5 Å². The Morgan fingerprint density at radius 3 is 1.24 bits per heavy atom. The molecule has 4 aliphatic rings. The average Bonchev–Trinajstić information content (AvgIpc) is 3.91. The first-order valence-corrected chi connectivity index (χ1v) is 27.0. The Labute approximate surface area is 407 Å². The second-order valence-corrected chi connectivity index (χ2v) is 20.7. The van der Waals surface area contributed by atoms with Crippen molar-refractivity contribution in [3.63, 3.8) is 0 Å². The molecule has 6 unspecified atom stereocenters. The van der Waals surface area contributed by atoms with Crippen LogP contribution in [0.15, 0.2) is 20.0 Å². The number of nitrogens with two attached hydrogens (primary N) is 2. The molecule has 0 saturated carbocycles. The predicted molar refractivity (Wildman–Crippen MR) is 257 cm³/mol. The van der Waals surface area contributed by atoms with E-state index in [9.17, 15) is 37.9 Å². The minimum atomic E-state index is -3.62. The van der Waals surface area contributed by atoms with Crippen molar-refractivity contribution < 1.29 is 66.3 Å². The first kappa shape index (κ1) is 59.2. The summed E-state index contributed by atoms with van der Waals surface area (Å²) >= 11 is 0. The van der Waals surface area contributed by atoms with Crippen LogP contribution in [0.2, 0.25) is 0 Å². The third-order valence-electron chi connectivity index (χ3n) is 10.2. The lowest BCUT2D eigenvalue weighted by Gasteiger charge is -2.28. The minimum absolute atomic E-state index is 0.0106. The topological polar surface area (TPSA) is 372 Å². The number of ether oxygens (including phenoxy) is 6. The molecule has 9 atom stereocenters. The molecule has 0 saturated heterocycles. The Morgan fingerprint density at radius 2 is 0.929 bits per heavy atom. The van der Waals surface area contributed by atoms with Gasteiger partial charge in [0.05, 0.1) is 52.3 Å². The normalized spacial score (nSPS) is 21.8. The molecule has 0 fully saturated rings. The molecule has 4 heterocycles. The Kier molecular flexibility index (Phi) is 24.8. The Bertz CT molecular complexity index is 1950. The lowest BCUT2D eigenvalue weighted by molar-refractivity contribution is -0.146. The highest BCUT2D eigenvalue weighted by Gasteiger charge is 2.41. The molecule has 0 aliphatic carbocycles. The van der Waals surface area contributed by atoms with Crippen LogP contribution in [0.3, 0.4) is 0 Å². The van der Waals surface area contributed by atoms with Crippen molar-refractivity contribution in [1.29, 1.82) is 0 Å². The van der Waals surface area contributed by atoms with E-state index >= 15 is 0 Å². The van der Waals surface area contributed by atoms with Crippen LogP contribution in [0.4, 0.5) is 0 Å². The minimum Gasteiger partial charge on any atom is -0.465 e. The summed E-state index contributed by atoms with van der Waals surface area (Å²) in [5, 5.41) is 15.8. The fourth-order valence-corrected chi connectivity index (χ4v) is 10.8. The van der Waals surface area contributed by atoms with Crippen molar-refractivity contribution in [2.75, 3.05) is 65.4 Å². The van der Waals surface area contributed by atoms with Crippen LogP contribution >= 0.6 is 14.9 Å². The summed E-state index contributed by atoms with van der Waals surface area (Å²) in [6, 6.07) is -5.03. The van der Waals surface area contributed by atoms with Crippen LogP contribution in [0.25, 0.3) is 0 Å². The van der Waals surface area contributed by atoms with Crippen molar-refractivity contribution in [2.24, 2.45) is 31.4 Å². The number of nitrogens with one attached hydrogen (secondary N) is 6. The maximum absolute atomic E-state index is 13.7. The van der Waals surface area contributed by atoms with Crippen LogP contribution in [0.5, 0.6) is 0 Å². The molecule has 4 aliphatic heterocycles. The van der Waals surface area contributed by atoms with Crippen LogP contribution in [-0.4, -0.2) is 184 Å². The number of hydrogen-bond acceptors (Lipinski definition) is 22. The van der Waals surface area contributed by atoms with Gasteiger partial charge in [0, 0.05) is 13.1 Å². The van der Waals surface area contributed by atoms with Crippen molar-refractivity contribution in [2.45, 2.75) is 130 Å². The van der Waals surface area contributed by atoms with E-state index in [1.54, 1.807) is 23.6 Å². The quantitative estimate of drug-likeness (QED) is 0.0185. The van der Waals surface area contributed by atoms with Crippen molar-refractivity contribution in [3.05, 3.63) is 0 Å². The maximum Gasteiger partial charge on any atom is 0.323 e. The van der Waals surface area contributed by atoms with E-state index in [0.29, 0.717) is 0 Å². The van der Waals surface area contributed by atoms with Gasteiger partial charge < -0.3 is 49.7 Å². The second-order valence-electron chi connectivity index (χ2n) is 16.2. The summed E-state index contributed by atoms with van der Waals surface area (Å²) in [4.78, 5) is 92.6. The number of carbonyl (C=O) groups excluding carboxylic acids is 6. The smallest absolute Gasteiger partial charge is 0.323 e. The van der Waals surface area contributed by atoms with Gasteiger partial charge >= 0.3 is 23.9 Å². The van der Waals surface area contributed by atoms with Crippen LogP contribution < -0.4 is 42.5 Å². The Balaban J connectivity index is 0.000000373. The largest absolute Gasteiger partial charge is 0.465 e. The van der Waals surface area contributed by atoms with Gasteiger partial charge in [0.25, 0.3) is 11.8 Å². The lowest BCUT2D eigenvalue weighted by Crippen LogP contribution is -2.54. The molecule has 28 nitrogen and oxygen atoms in total. The molecular formula is C40H72N14O14P2. The van der Waals surface area contributed by atoms with E-state index in [1.807, 2.05) is 13.8 Å². The number of amides is 2. The van der Waals surface area contributed by atoms with Crippen molar-refractivity contribution in [1.82, 2.24) is 40.8 Å². The number of unbranched alkanes of at least 4 members (excludes halogenated alkanes) is 2. The van der Waals surface area contributed by atoms with E-state index in [2.05, 4.69) is 51.0 Å². The number of carbonyl (C=O) groups is 6. The number of nitrogens with zero attached hydrogens (tertiary/aromatic N) is 6. The lowest BCUT2D eigenvalue weighted by atomic mass is 10.2. The summed E-state index contributed by atoms with van der Waals surface area (Å²) in [5.41, 5.74) is 11.3. The zero-order valence-electron chi connectivity index (χ0n) is 41.1. The van der Waals surface area contributed by atoms with Crippen molar-refractivity contribution in [3.8, 4) is 0 Å². The summed E-state index contributed by atoms with van der Waals surface area (Å²) in [7, 11) is -7.20. The molecule has 0 aromatic rings. The van der Waals surface area contributed by atoms with Crippen LogP contribution in [-0.2, 0) is 66.3 Å². The summed E-state index contributed by atoms with van der Waals surface area (Å²) in [6.07, 6.45) is 4.37. The maximum atomic E-state index is 13.7. The molecule has 30 heteroatoms. The number of aliphatic imine (C=N–C) groups is 4. The van der Waals surface area contributed by atoms with E-state index < -0.39 is 87.3 Å². The monoisotopic (exact) mass is 1030 g/mol. The number of guanidine groups is 2. The first-order valence-electron chi connectivity index (χ1n) is 23.2. The fraction of sp³-hybridized carbons (Fsp3) is 0.750. The summed E-state index contributed by atoms with van der Waals surface area (Å²) in [6.45, 7) is 15.0. The van der Waals surface area contributed by atoms with Gasteiger partial charge in [-0.1, -0.05) is 26.7 Å². The van der Waals surface area contributed by atoms with E-state index in [4.69, 9.17) is 39.9 Å². The Morgan fingerprint density at radius 1 is 0.600 bits per heavy atom. The van der Waals surface area contributed by atoms with Gasteiger partial charge in [0.15, 0.2) is 36.3 Å². The molecule has 0 aromatic heterocycles. The molecule has 396 valence electrons. The van der Waals surface area contributed by atoms with Gasteiger partial charge in [-0.2, -0.15) is 0 Å². The van der Waals surface area contributed by atoms with E-state index in [-0.39, 0.29) is 89.2 Å². The van der Waals surface area contributed by atoms with E-state index in [0.717, 1.165) is 25.7 Å². The molecule has 10 N–H and O–H groups in total. The highest BCUT2D eigenvalue weighted by atomic mass is 31.2. The summed E-state index contributed by atoms with van der Waals surface area (Å²) < 4.78 is 58.8. The molecule has 0 bridgehead atoms. The molecule has 2 amide bonds.